The first kappa shape index (κ1) is 35.0. The average molecular weight is 734 g/mol. The molecule has 4 aromatic rings. The van der Waals surface area contributed by atoms with E-state index in [9.17, 15) is 18.0 Å². The first-order valence-electron chi connectivity index (χ1n) is 15.1. The van der Waals surface area contributed by atoms with Gasteiger partial charge in [0.05, 0.1) is 15.6 Å². The van der Waals surface area contributed by atoms with Gasteiger partial charge in [0.2, 0.25) is 11.8 Å². The van der Waals surface area contributed by atoms with Crippen molar-refractivity contribution in [1.29, 1.82) is 0 Å². The van der Waals surface area contributed by atoms with Gasteiger partial charge in [-0.05, 0) is 60.9 Å². The van der Waals surface area contributed by atoms with Crippen molar-refractivity contribution in [3.8, 4) is 0 Å². The van der Waals surface area contributed by atoms with Gasteiger partial charge in [0.1, 0.15) is 12.6 Å². The Morgan fingerprint density at radius 1 is 0.787 bits per heavy atom. The summed E-state index contributed by atoms with van der Waals surface area (Å²) < 4.78 is 29.3. The van der Waals surface area contributed by atoms with E-state index in [-0.39, 0.29) is 40.5 Å². The van der Waals surface area contributed by atoms with Crippen LogP contribution in [0.2, 0.25) is 20.1 Å². The molecule has 0 unspecified atom stereocenters. The van der Waals surface area contributed by atoms with Crippen LogP contribution in [0.4, 0.5) is 5.69 Å². The van der Waals surface area contributed by atoms with Crippen LogP contribution in [0.25, 0.3) is 0 Å². The highest BCUT2D eigenvalue weighted by Gasteiger charge is 2.36. The van der Waals surface area contributed by atoms with E-state index < -0.39 is 28.5 Å². The van der Waals surface area contributed by atoms with Crippen molar-refractivity contribution in [2.45, 2.75) is 55.6 Å². The van der Waals surface area contributed by atoms with Crippen LogP contribution in [0, 0.1) is 0 Å². The van der Waals surface area contributed by atoms with Crippen molar-refractivity contribution in [1.82, 2.24) is 10.2 Å². The van der Waals surface area contributed by atoms with Gasteiger partial charge in [-0.2, -0.15) is 0 Å². The number of carbonyl (C=O) groups excluding carboxylic acids is 2. The second kappa shape index (κ2) is 15.8. The predicted octanol–water partition coefficient (Wildman–Crippen LogP) is 8.19. The van der Waals surface area contributed by atoms with Crippen molar-refractivity contribution in [3.63, 3.8) is 0 Å². The Bertz CT molecular complexity index is 1800. The van der Waals surface area contributed by atoms with Crippen molar-refractivity contribution >= 4 is 73.9 Å². The molecule has 0 aliphatic heterocycles. The minimum Gasteiger partial charge on any atom is -0.352 e. The monoisotopic (exact) mass is 731 g/mol. The third kappa shape index (κ3) is 8.61. The Morgan fingerprint density at radius 3 is 2.02 bits per heavy atom. The second-order valence-corrected chi connectivity index (χ2v) is 14.9. The number of benzene rings is 4. The molecule has 5 rings (SSSR count). The highest BCUT2D eigenvalue weighted by Crippen LogP contribution is 2.34. The molecule has 12 heteroatoms. The first-order chi connectivity index (χ1) is 22.5. The zero-order chi connectivity index (χ0) is 33.6. The highest BCUT2D eigenvalue weighted by molar-refractivity contribution is 7.92. The molecule has 1 atom stereocenters. The predicted molar refractivity (Wildman–Crippen MR) is 189 cm³/mol. The summed E-state index contributed by atoms with van der Waals surface area (Å²) in [6.07, 6.45) is 3.85. The van der Waals surface area contributed by atoms with Crippen LogP contribution < -0.4 is 9.62 Å². The Labute approximate surface area is 295 Å². The van der Waals surface area contributed by atoms with E-state index in [2.05, 4.69) is 5.32 Å². The molecule has 0 saturated heterocycles. The smallest absolute Gasteiger partial charge is 0.264 e. The topological polar surface area (TPSA) is 86.8 Å². The van der Waals surface area contributed by atoms with Gasteiger partial charge >= 0.3 is 0 Å². The molecule has 0 spiro atoms. The van der Waals surface area contributed by atoms with Crippen LogP contribution in [0.5, 0.6) is 0 Å². The van der Waals surface area contributed by atoms with Crippen LogP contribution in [0.15, 0.2) is 102 Å². The number of sulfonamides is 1. The number of hydrogen-bond donors (Lipinski definition) is 1. The number of hydrogen-bond acceptors (Lipinski definition) is 4. The van der Waals surface area contributed by atoms with Gasteiger partial charge < -0.3 is 10.2 Å². The quantitative estimate of drug-likeness (QED) is 0.159. The maximum Gasteiger partial charge on any atom is 0.264 e. The Balaban J connectivity index is 1.61. The lowest BCUT2D eigenvalue weighted by Gasteiger charge is -2.35. The van der Waals surface area contributed by atoms with E-state index in [1.807, 2.05) is 30.3 Å². The standard InChI is InChI=1S/C35H33Cl4N3O4S/c36-25-18-19-32(31(39)21-25)42(47(45,46)27-14-5-2-6-15-27)23-34(43)41(22-28-29(37)16-9-17-30(28)38)33(20-24-10-3-1-4-11-24)35(44)40-26-12-7-8-13-26/h1-6,9-11,14-19,21,26,33H,7-8,12-13,20,22-23H2,(H,40,44)/t33-/m0/s1. The fourth-order valence-corrected chi connectivity index (χ4v) is 8.22. The zero-order valence-electron chi connectivity index (χ0n) is 25.3. The van der Waals surface area contributed by atoms with E-state index >= 15 is 0 Å². The summed E-state index contributed by atoms with van der Waals surface area (Å²) >= 11 is 25.9. The summed E-state index contributed by atoms with van der Waals surface area (Å²) in [5, 5.41) is 4.08. The number of nitrogens with one attached hydrogen (secondary N) is 1. The van der Waals surface area contributed by atoms with Crippen LogP contribution in [0.3, 0.4) is 0 Å². The van der Waals surface area contributed by atoms with Crippen molar-refractivity contribution in [2.75, 3.05) is 10.8 Å². The molecule has 246 valence electrons. The van der Waals surface area contributed by atoms with Crippen LogP contribution in [-0.4, -0.2) is 43.8 Å². The third-order valence-corrected chi connectivity index (χ3v) is 11.2. The molecule has 1 fully saturated rings. The fraction of sp³-hybridized carbons (Fsp3) is 0.257. The first-order valence-corrected chi connectivity index (χ1v) is 18.1. The van der Waals surface area contributed by atoms with Gasteiger partial charge in [0.15, 0.2) is 0 Å². The largest absolute Gasteiger partial charge is 0.352 e. The molecule has 0 radical (unpaired) electrons. The van der Waals surface area contributed by atoms with Gasteiger partial charge in [0.25, 0.3) is 10.0 Å². The fourth-order valence-electron chi connectivity index (χ4n) is 5.69. The molecule has 0 aromatic heterocycles. The molecule has 4 aromatic carbocycles. The van der Waals surface area contributed by atoms with Gasteiger partial charge in [-0.25, -0.2) is 8.42 Å². The van der Waals surface area contributed by atoms with Crippen molar-refractivity contribution in [2.24, 2.45) is 0 Å². The molecular weight excluding hydrogens is 700 g/mol. The summed E-state index contributed by atoms with van der Waals surface area (Å²) in [5.41, 5.74) is 1.30. The Hall–Kier alpha value is -3.27. The average Bonchev–Trinajstić information content (AvgIpc) is 3.57. The summed E-state index contributed by atoms with van der Waals surface area (Å²) in [6.45, 7) is -0.830. The molecule has 1 aliphatic rings. The normalized spacial score (nSPS) is 14.0. The maximum atomic E-state index is 14.7. The van der Waals surface area contributed by atoms with Crippen molar-refractivity contribution in [3.05, 3.63) is 128 Å². The number of rotatable bonds is 12. The molecule has 1 saturated carbocycles. The minimum absolute atomic E-state index is 0.0237. The number of amides is 2. The number of halogens is 4. The van der Waals surface area contributed by atoms with Crippen LogP contribution >= 0.6 is 46.4 Å². The van der Waals surface area contributed by atoms with Gasteiger partial charge in [-0.1, -0.05) is 114 Å². The lowest BCUT2D eigenvalue weighted by atomic mass is 10.0. The third-order valence-electron chi connectivity index (χ3n) is 8.15. The molecule has 2 amide bonds. The molecule has 0 bridgehead atoms. The second-order valence-electron chi connectivity index (χ2n) is 11.3. The van der Waals surface area contributed by atoms with Crippen molar-refractivity contribution < 1.29 is 18.0 Å². The molecule has 1 aliphatic carbocycles. The summed E-state index contributed by atoms with van der Waals surface area (Å²) in [6, 6.07) is 25.4. The lowest BCUT2D eigenvalue weighted by Crippen LogP contribution is -2.54. The molecule has 7 nitrogen and oxygen atoms in total. The minimum atomic E-state index is -4.33. The number of anilines is 1. The Kier molecular flexibility index (Phi) is 11.7. The zero-order valence-corrected chi connectivity index (χ0v) is 29.1. The summed E-state index contributed by atoms with van der Waals surface area (Å²) in [4.78, 5) is 30.1. The van der Waals surface area contributed by atoms with Gasteiger partial charge in [-0.15, -0.1) is 0 Å². The summed E-state index contributed by atoms with van der Waals surface area (Å²) in [7, 11) is -4.33. The SMILES string of the molecule is O=C(NC1CCCC1)[C@H](Cc1ccccc1)N(Cc1c(Cl)cccc1Cl)C(=O)CN(c1ccc(Cl)cc1Cl)S(=O)(=O)c1ccccc1. The highest BCUT2D eigenvalue weighted by atomic mass is 35.5. The van der Waals surface area contributed by atoms with E-state index in [0.717, 1.165) is 35.6 Å². The maximum absolute atomic E-state index is 14.7. The number of nitrogens with zero attached hydrogens (tertiary/aromatic N) is 2. The van der Waals surface area contributed by atoms with E-state index in [1.165, 1.54) is 35.2 Å². The van der Waals surface area contributed by atoms with E-state index in [4.69, 9.17) is 46.4 Å². The van der Waals surface area contributed by atoms with E-state index in [0.29, 0.717) is 20.6 Å². The number of carbonyl (C=O) groups is 2. The molecule has 47 heavy (non-hydrogen) atoms. The van der Waals surface area contributed by atoms with Gasteiger partial charge in [0, 0.05) is 39.6 Å². The summed E-state index contributed by atoms with van der Waals surface area (Å²) in [5.74, 6) is -1.01. The van der Waals surface area contributed by atoms with Gasteiger partial charge in [-0.3, -0.25) is 13.9 Å². The van der Waals surface area contributed by atoms with Crippen LogP contribution in [0.1, 0.15) is 36.8 Å². The molecule has 0 heterocycles. The van der Waals surface area contributed by atoms with Crippen LogP contribution in [-0.2, 0) is 32.6 Å². The lowest BCUT2D eigenvalue weighted by molar-refractivity contribution is -0.140. The molecule has 1 N–H and O–H groups in total. The van der Waals surface area contributed by atoms with E-state index in [1.54, 1.807) is 36.4 Å². The molecular formula is C35H33Cl4N3O4S. The Morgan fingerprint density at radius 2 is 1.40 bits per heavy atom.